The van der Waals surface area contributed by atoms with Gasteiger partial charge in [-0.05, 0) is 42.0 Å². The van der Waals surface area contributed by atoms with Crippen LogP contribution >= 0.6 is 0 Å². The Labute approximate surface area is 122 Å². The SMILES string of the molecule is CC(O)c1c(F)cccc1Oc1ccc2ccccc2c1. The largest absolute Gasteiger partial charge is 0.457 e. The summed E-state index contributed by atoms with van der Waals surface area (Å²) in [6.45, 7) is 1.52. The van der Waals surface area contributed by atoms with Crippen molar-refractivity contribution in [3.63, 3.8) is 0 Å². The topological polar surface area (TPSA) is 29.5 Å². The van der Waals surface area contributed by atoms with Crippen molar-refractivity contribution in [2.75, 3.05) is 0 Å². The number of halogens is 1. The van der Waals surface area contributed by atoms with E-state index in [1.165, 1.54) is 13.0 Å². The molecule has 106 valence electrons. The molecule has 3 aromatic rings. The Balaban J connectivity index is 2.00. The van der Waals surface area contributed by atoms with E-state index in [1.54, 1.807) is 12.1 Å². The summed E-state index contributed by atoms with van der Waals surface area (Å²) in [6, 6.07) is 18.1. The molecule has 0 saturated heterocycles. The Morgan fingerprint density at radius 1 is 0.952 bits per heavy atom. The molecule has 3 heteroatoms. The smallest absolute Gasteiger partial charge is 0.136 e. The second-order valence-electron chi connectivity index (χ2n) is 4.94. The van der Waals surface area contributed by atoms with E-state index in [9.17, 15) is 9.50 Å². The van der Waals surface area contributed by atoms with Crippen LogP contribution in [0.25, 0.3) is 10.8 Å². The average molecular weight is 282 g/mol. The van der Waals surface area contributed by atoms with E-state index in [2.05, 4.69) is 0 Å². The molecule has 1 atom stereocenters. The van der Waals surface area contributed by atoms with E-state index in [-0.39, 0.29) is 5.56 Å². The van der Waals surface area contributed by atoms with Gasteiger partial charge in [0.1, 0.15) is 17.3 Å². The summed E-state index contributed by atoms with van der Waals surface area (Å²) in [7, 11) is 0. The van der Waals surface area contributed by atoms with Gasteiger partial charge in [0, 0.05) is 0 Å². The van der Waals surface area contributed by atoms with Crippen molar-refractivity contribution in [3.05, 3.63) is 72.0 Å². The first-order chi connectivity index (χ1) is 10.1. The van der Waals surface area contributed by atoms with E-state index in [0.29, 0.717) is 11.5 Å². The molecule has 3 rings (SSSR count). The molecule has 0 aliphatic carbocycles. The lowest BCUT2D eigenvalue weighted by Crippen LogP contribution is -1.99. The molecule has 2 nitrogen and oxygen atoms in total. The number of rotatable bonds is 3. The minimum Gasteiger partial charge on any atom is -0.457 e. The maximum absolute atomic E-state index is 13.8. The van der Waals surface area contributed by atoms with Gasteiger partial charge in [-0.25, -0.2) is 4.39 Å². The third-order valence-electron chi connectivity index (χ3n) is 3.38. The van der Waals surface area contributed by atoms with Crippen LogP contribution in [-0.4, -0.2) is 5.11 Å². The molecule has 0 bridgehead atoms. The molecule has 0 aromatic heterocycles. The minimum absolute atomic E-state index is 0.172. The van der Waals surface area contributed by atoms with Crippen molar-refractivity contribution >= 4 is 10.8 Å². The van der Waals surface area contributed by atoms with Crippen molar-refractivity contribution in [2.45, 2.75) is 13.0 Å². The van der Waals surface area contributed by atoms with Gasteiger partial charge in [-0.1, -0.05) is 36.4 Å². The highest BCUT2D eigenvalue weighted by atomic mass is 19.1. The van der Waals surface area contributed by atoms with Gasteiger partial charge in [0.05, 0.1) is 11.7 Å². The first kappa shape index (κ1) is 13.6. The average Bonchev–Trinajstić information content (AvgIpc) is 2.47. The van der Waals surface area contributed by atoms with Gasteiger partial charge in [0.15, 0.2) is 0 Å². The number of hydrogen-bond donors (Lipinski definition) is 1. The molecular formula is C18H15FO2. The minimum atomic E-state index is -0.929. The van der Waals surface area contributed by atoms with Gasteiger partial charge in [-0.2, -0.15) is 0 Å². The third-order valence-corrected chi connectivity index (χ3v) is 3.38. The van der Waals surface area contributed by atoms with Crippen LogP contribution in [0.2, 0.25) is 0 Å². The Morgan fingerprint density at radius 3 is 2.48 bits per heavy atom. The monoisotopic (exact) mass is 282 g/mol. The van der Waals surface area contributed by atoms with Gasteiger partial charge in [-0.15, -0.1) is 0 Å². The van der Waals surface area contributed by atoms with Crippen molar-refractivity contribution < 1.29 is 14.2 Å². The van der Waals surface area contributed by atoms with E-state index in [4.69, 9.17) is 4.74 Å². The summed E-state index contributed by atoms with van der Waals surface area (Å²) < 4.78 is 19.6. The number of ether oxygens (including phenoxy) is 1. The fourth-order valence-electron chi connectivity index (χ4n) is 2.37. The lowest BCUT2D eigenvalue weighted by molar-refractivity contribution is 0.190. The number of aliphatic hydroxyl groups is 1. The zero-order valence-electron chi connectivity index (χ0n) is 11.6. The Kier molecular flexibility index (Phi) is 3.59. The normalized spacial score (nSPS) is 12.3. The van der Waals surface area contributed by atoms with Crippen LogP contribution < -0.4 is 4.74 Å². The van der Waals surface area contributed by atoms with Crippen LogP contribution in [0.4, 0.5) is 4.39 Å². The predicted octanol–water partition coefficient (Wildman–Crippen LogP) is 4.82. The van der Waals surface area contributed by atoms with E-state index >= 15 is 0 Å². The van der Waals surface area contributed by atoms with Crippen LogP contribution in [0, 0.1) is 5.82 Å². The van der Waals surface area contributed by atoms with Crippen LogP contribution in [-0.2, 0) is 0 Å². The molecule has 1 unspecified atom stereocenters. The van der Waals surface area contributed by atoms with Gasteiger partial charge in [0.25, 0.3) is 0 Å². The Hall–Kier alpha value is -2.39. The summed E-state index contributed by atoms with van der Waals surface area (Å²) in [6.07, 6.45) is -0.929. The summed E-state index contributed by atoms with van der Waals surface area (Å²) in [5.41, 5.74) is 0.172. The van der Waals surface area contributed by atoms with Gasteiger partial charge < -0.3 is 9.84 Å². The first-order valence-electron chi connectivity index (χ1n) is 6.78. The fourth-order valence-corrected chi connectivity index (χ4v) is 2.37. The van der Waals surface area contributed by atoms with Crippen molar-refractivity contribution in [2.24, 2.45) is 0 Å². The van der Waals surface area contributed by atoms with E-state index in [0.717, 1.165) is 10.8 Å². The van der Waals surface area contributed by atoms with Crippen LogP contribution in [0.1, 0.15) is 18.6 Å². The van der Waals surface area contributed by atoms with E-state index in [1.807, 2.05) is 42.5 Å². The second-order valence-corrected chi connectivity index (χ2v) is 4.94. The molecule has 0 fully saturated rings. The zero-order chi connectivity index (χ0) is 14.8. The predicted molar refractivity (Wildman–Crippen MR) is 81.1 cm³/mol. The quantitative estimate of drug-likeness (QED) is 0.746. The van der Waals surface area contributed by atoms with Crippen LogP contribution in [0.5, 0.6) is 11.5 Å². The molecule has 0 radical (unpaired) electrons. The molecule has 0 aliphatic heterocycles. The number of aliphatic hydroxyl groups excluding tert-OH is 1. The van der Waals surface area contributed by atoms with Crippen molar-refractivity contribution in [1.82, 2.24) is 0 Å². The second kappa shape index (κ2) is 5.54. The zero-order valence-corrected chi connectivity index (χ0v) is 11.6. The maximum atomic E-state index is 13.8. The highest BCUT2D eigenvalue weighted by molar-refractivity contribution is 5.83. The molecule has 0 amide bonds. The third kappa shape index (κ3) is 2.73. The van der Waals surface area contributed by atoms with Crippen molar-refractivity contribution in [3.8, 4) is 11.5 Å². The van der Waals surface area contributed by atoms with Gasteiger partial charge in [0.2, 0.25) is 0 Å². The maximum Gasteiger partial charge on any atom is 0.136 e. The summed E-state index contributed by atoms with van der Waals surface area (Å²) in [5.74, 6) is 0.477. The van der Waals surface area contributed by atoms with Crippen LogP contribution in [0.3, 0.4) is 0 Å². The lowest BCUT2D eigenvalue weighted by atomic mass is 10.1. The molecule has 0 heterocycles. The summed E-state index contributed by atoms with van der Waals surface area (Å²) >= 11 is 0. The molecule has 0 aliphatic rings. The lowest BCUT2D eigenvalue weighted by Gasteiger charge is -2.14. The fraction of sp³-hybridized carbons (Fsp3) is 0.111. The highest BCUT2D eigenvalue weighted by Crippen LogP contribution is 2.32. The summed E-state index contributed by atoms with van der Waals surface area (Å²) in [5, 5.41) is 11.9. The molecule has 21 heavy (non-hydrogen) atoms. The standard InChI is InChI=1S/C18H15FO2/c1-12(20)18-16(19)7-4-8-17(18)21-15-10-9-13-5-2-3-6-14(13)11-15/h2-12,20H,1H3. The number of fused-ring (bicyclic) bond motifs is 1. The first-order valence-corrected chi connectivity index (χ1v) is 6.78. The molecule has 0 saturated carbocycles. The Morgan fingerprint density at radius 2 is 1.71 bits per heavy atom. The van der Waals surface area contributed by atoms with Crippen LogP contribution in [0.15, 0.2) is 60.7 Å². The van der Waals surface area contributed by atoms with Gasteiger partial charge in [-0.3, -0.25) is 0 Å². The van der Waals surface area contributed by atoms with Crippen molar-refractivity contribution in [1.29, 1.82) is 0 Å². The Bertz CT molecular complexity index is 781. The molecular weight excluding hydrogens is 267 g/mol. The van der Waals surface area contributed by atoms with E-state index < -0.39 is 11.9 Å². The molecule has 1 N–H and O–H groups in total. The molecule has 3 aromatic carbocycles. The van der Waals surface area contributed by atoms with Gasteiger partial charge >= 0.3 is 0 Å². The number of benzene rings is 3. The summed E-state index contributed by atoms with van der Waals surface area (Å²) in [4.78, 5) is 0. The number of hydrogen-bond acceptors (Lipinski definition) is 2. The highest BCUT2D eigenvalue weighted by Gasteiger charge is 2.15. The molecule has 0 spiro atoms.